The van der Waals surface area contributed by atoms with E-state index < -0.39 is 0 Å². The Hall–Kier alpha value is -0.860. The van der Waals surface area contributed by atoms with Crippen LogP contribution in [-0.2, 0) is 0 Å². The van der Waals surface area contributed by atoms with Crippen molar-refractivity contribution in [1.29, 1.82) is 0 Å². The van der Waals surface area contributed by atoms with Crippen LogP contribution in [0, 0.1) is 12.3 Å². The number of hydrogen-bond donors (Lipinski definition) is 1. The Bertz CT molecular complexity index is 335. The predicted octanol–water partition coefficient (Wildman–Crippen LogP) is 2.97. The van der Waals surface area contributed by atoms with Crippen molar-refractivity contribution in [3.8, 4) is 0 Å². The van der Waals surface area contributed by atoms with Crippen molar-refractivity contribution in [3.63, 3.8) is 0 Å². The van der Waals surface area contributed by atoms with Gasteiger partial charge in [-0.3, -0.25) is 4.90 Å². The van der Waals surface area contributed by atoms with E-state index >= 15 is 0 Å². The molecule has 1 aromatic carbocycles. The van der Waals surface area contributed by atoms with Crippen LogP contribution in [0.1, 0.15) is 37.9 Å². The summed E-state index contributed by atoms with van der Waals surface area (Å²) in [7, 11) is 2.16. The van der Waals surface area contributed by atoms with Crippen molar-refractivity contribution in [2.45, 2.75) is 33.7 Å². The lowest BCUT2D eigenvalue weighted by atomic mass is 9.94. The zero-order chi connectivity index (χ0) is 13.1. The van der Waals surface area contributed by atoms with E-state index in [2.05, 4.69) is 63.9 Å². The summed E-state index contributed by atoms with van der Waals surface area (Å²) in [5, 5.41) is 0. The van der Waals surface area contributed by atoms with Gasteiger partial charge in [-0.05, 0) is 24.9 Å². The van der Waals surface area contributed by atoms with E-state index in [1.165, 1.54) is 11.1 Å². The van der Waals surface area contributed by atoms with Crippen LogP contribution >= 0.6 is 0 Å². The highest BCUT2D eigenvalue weighted by atomic mass is 15.1. The van der Waals surface area contributed by atoms with Crippen molar-refractivity contribution in [2.75, 3.05) is 20.1 Å². The predicted molar refractivity (Wildman–Crippen MR) is 75.1 cm³/mol. The molecule has 0 radical (unpaired) electrons. The molecule has 2 N–H and O–H groups in total. The molecule has 0 heterocycles. The third kappa shape index (κ3) is 4.49. The van der Waals surface area contributed by atoms with Crippen LogP contribution in [0.2, 0.25) is 0 Å². The topological polar surface area (TPSA) is 29.3 Å². The first-order valence-electron chi connectivity index (χ1n) is 6.30. The Morgan fingerprint density at radius 3 is 2.12 bits per heavy atom. The lowest BCUT2D eigenvalue weighted by molar-refractivity contribution is 0.176. The molecule has 1 aromatic rings. The minimum Gasteiger partial charge on any atom is -0.329 e. The van der Waals surface area contributed by atoms with Crippen molar-refractivity contribution < 1.29 is 0 Å². The SMILES string of the molecule is Cc1ccc(C(CN)N(C)CC(C)(C)C)cc1. The smallest absolute Gasteiger partial charge is 0.0467 e. The second-order valence-electron chi connectivity index (χ2n) is 6.14. The number of nitrogens with two attached hydrogens (primary N) is 1. The molecule has 2 heteroatoms. The van der Waals surface area contributed by atoms with Gasteiger partial charge in [0.05, 0.1) is 0 Å². The number of hydrogen-bond acceptors (Lipinski definition) is 2. The van der Waals surface area contributed by atoms with Gasteiger partial charge in [-0.25, -0.2) is 0 Å². The van der Waals surface area contributed by atoms with Crippen LogP contribution in [0.5, 0.6) is 0 Å². The van der Waals surface area contributed by atoms with Gasteiger partial charge in [0, 0.05) is 19.1 Å². The summed E-state index contributed by atoms with van der Waals surface area (Å²) < 4.78 is 0. The average molecular weight is 234 g/mol. The normalized spacial score (nSPS) is 14.1. The maximum absolute atomic E-state index is 5.92. The number of nitrogens with zero attached hydrogens (tertiary/aromatic N) is 1. The molecule has 0 aromatic heterocycles. The highest BCUT2D eigenvalue weighted by molar-refractivity contribution is 5.24. The zero-order valence-corrected chi connectivity index (χ0v) is 11.8. The fraction of sp³-hybridized carbons (Fsp3) is 0.600. The second kappa shape index (κ2) is 5.65. The second-order valence-corrected chi connectivity index (χ2v) is 6.14. The highest BCUT2D eigenvalue weighted by Gasteiger charge is 2.20. The Morgan fingerprint density at radius 1 is 1.18 bits per heavy atom. The van der Waals surface area contributed by atoms with Crippen LogP contribution in [0.4, 0.5) is 0 Å². The van der Waals surface area contributed by atoms with E-state index in [9.17, 15) is 0 Å². The third-order valence-electron chi connectivity index (χ3n) is 2.94. The van der Waals surface area contributed by atoms with Gasteiger partial charge in [0.25, 0.3) is 0 Å². The molecule has 1 unspecified atom stereocenters. The average Bonchev–Trinajstić information content (AvgIpc) is 2.19. The summed E-state index contributed by atoms with van der Waals surface area (Å²) in [6.07, 6.45) is 0. The van der Waals surface area contributed by atoms with E-state index in [0.29, 0.717) is 18.0 Å². The molecule has 96 valence electrons. The van der Waals surface area contributed by atoms with Crippen LogP contribution in [0.15, 0.2) is 24.3 Å². The molecule has 1 rings (SSSR count). The first-order chi connectivity index (χ1) is 7.83. The van der Waals surface area contributed by atoms with E-state index in [1.807, 2.05) is 0 Å². The largest absolute Gasteiger partial charge is 0.329 e. The van der Waals surface area contributed by atoms with E-state index in [1.54, 1.807) is 0 Å². The first-order valence-corrected chi connectivity index (χ1v) is 6.30. The van der Waals surface area contributed by atoms with E-state index in [-0.39, 0.29) is 0 Å². The number of benzene rings is 1. The van der Waals surface area contributed by atoms with Gasteiger partial charge in [0.2, 0.25) is 0 Å². The Labute approximate surface area is 106 Å². The maximum Gasteiger partial charge on any atom is 0.0467 e. The molecule has 0 saturated heterocycles. The minimum absolute atomic E-state index is 0.298. The van der Waals surface area contributed by atoms with Crippen molar-refractivity contribution in [3.05, 3.63) is 35.4 Å². The molecule has 0 aliphatic heterocycles. The van der Waals surface area contributed by atoms with Crippen LogP contribution in [-0.4, -0.2) is 25.0 Å². The van der Waals surface area contributed by atoms with Gasteiger partial charge >= 0.3 is 0 Å². The fourth-order valence-electron chi connectivity index (χ4n) is 2.22. The summed E-state index contributed by atoms with van der Waals surface area (Å²) in [5.74, 6) is 0. The summed E-state index contributed by atoms with van der Waals surface area (Å²) in [4.78, 5) is 2.35. The molecule has 0 saturated carbocycles. The molecular weight excluding hydrogens is 208 g/mol. The van der Waals surface area contributed by atoms with Gasteiger partial charge in [-0.2, -0.15) is 0 Å². The van der Waals surface area contributed by atoms with E-state index in [0.717, 1.165) is 6.54 Å². The summed E-state index contributed by atoms with van der Waals surface area (Å²) in [6.45, 7) is 10.6. The molecule has 0 fully saturated rings. The number of aryl methyl sites for hydroxylation is 1. The van der Waals surface area contributed by atoms with Gasteiger partial charge < -0.3 is 5.73 Å². The van der Waals surface area contributed by atoms with Crippen LogP contribution < -0.4 is 5.73 Å². The molecule has 0 bridgehead atoms. The Balaban J connectivity index is 2.80. The molecule has 17 heavy (non-hydrogen) atoms. The lowest BCUT2D eigenvalue weighted by Crippen LogP contribution is -2.36. The standard InChI is InChI=1S/C15H26N2/c1-12-6-8-13(9-7-12)14(10-16)17(5)11-15(2,3)4/h6-9,14H,10-11,16H2,1-5H3. The monoisotopic (exact) mass is 234 g/mol. The molecule has 2 nitrogen and oxygen atoms in total. The van der Waals surface area contributed by atoms with Gasteiger partial charge in [0.1, 0.15) is 0 Å². The molecule has 0 amide bonds. The van der Waals surface area contributed by atoms with E-state index in [4.69, 9.17) is 5.73 Å². The van der Waals surface area contributed by atoms with Gasteiger partial charge in [0.15, 0.2) is 0 Å². The lowest BCUT2D eigenvalue weighted by Gasteiger charge is -2.33. The third-order valence-corrected chi connectivity index (χ3v) is 2.94. The van der Waals surface area contributed by atoms with Gasteiger partial charge in [-0.1, -0.05) is 50.6 Å². The van der Waals surface area contributed by atoms with Crippen molar-refractivity contribution in [2.24, 2.45) is 11.1 Å². The van der Waals surface area contributed by atoms with Crippen LogP contribution in [0.25, 0.3) is 0 Å². The minimum atomic E-state index is 0.298. The highest BCUT2D eigenvalue weighted by Crippen LogP contribution is 2.23. The Kier molecular flexibility index (Phi) is 4.72. The quantitative estimate of drug-likeness (QED) is 0.868. The molecule has 0 spiro atoms. The molecule has 0 aliphatic carbocycles. The molecule has 0 aliphatic rings. The fourth-order valence-corrected chi connectivity index (χ4v) is 2.22. The summed E-state index contributed by atoms with van der Waals surface area (Å²) in [5.41, 5.74) is 8.82. The summed E-state index contributed by atoms with van der Waals surface area (Å²) >= 11 is 0. The first kappa shape index (κ1) is 14.2. The molecule has 1 atom stereocenters. The summed E-state index contributed by atoms with van der Waals surface area (Å²) in [6, 6.07) is 9.00. The maximum atomic E-state index is 5.92. The van der Waals surface area contributed by atoms with Gasteiger partial charge in [-0.15, -0.1) is 0 Å². The van der Waals surface area contributed by atoms with Crippen molar-refractivity contribution in [1.82, 2.24) is 4.90 Å². The Morgan fingerprint density at radius 2 is 1.71 bits per heavy atom. The van der Waals surface area contributed by atoms with Crippen molar-refractivity contribution >= 4 is 0 Å². The molecular formula is C15H26N2. The zero-order valence-electron chi connectivity index (χ0n) is 11.8. The number of rotatable bonds is 4. The van der Waals surface area contributed by atoms with Crippen LogP contribution in [0.3, 0.4) is 0 Å². The number of likely N-dealkylation sites (N-methyl/N-ethyl adjacent to an activating group) is 1.